The molecule has 2 aromatic carbocycles. The Labute approximate surface area is 162 Å². The Hall–Kier alpha value is -2.41. The van der Waals surface area contributed by atoms with Gasteiger partial charge in [0.25, 0.3) is 0 Å². The molecule has 2 rings (SSSR count). The molecule has 0 aromatic heterocycles. The van der Waals surface area contributed by atoms with Crippen LogP contribution in [0.4, 0.5) is 0 Å². The number of benzene rings is 2. The number of carbonyl (C=O) groups is 2. The molecule has 0 aliphatic heterocycles. The fourth-order valence-electron chi connectivity index (χ4n) is 2.54. The predicted octanol–water partition coefficient (Wildman–Crippen LogP) is 2.69. The van der Waals surface area contributed by atoms with Crippen LogP contribution in [0.2, 0.25) is 5.02 Å². The van der Waals surface area contributed by atoms with E-state index in [2.05, 4.69) is 9.47 Å². The highest BCUT2D eigenvalue weighted by Gasteiger charge is 2.20. The van der Waals surface area contributed by atoms with Gasteiger partial charge in [0.1, 0.15) is 0 Å². The second-order valence-corrected chi connectivity index (χ2v) is 6.58. The van der Waals surface area contributed by atoms with Gasteiger partial charge < -0.3 is 20.3 Å². The van der Waals surface area contributed by atoms with Gasteiger partial charge in [-0.2, -0.15) is 0 Å². The van der Waals surface area contributed by atoms with Gasteiger partial charge in [0.15, 0.2) is 6.10 Å². The summed E-state index contributed by atoms with van der Waals surface area (Å²) in [6.07, 6.45) is -0.847. The van der Waals surface area contributed by atoms with E-state index in [0.29, 0.717) is 11.4 Å². The van der Waals surface area contributed by atoms with Crippen LogP contribution >= 0.6 is 11.6 Å². The minimum Gasteiger partial charge on any atom is -0.428 e. The van der Waals surface area contributed by atoms with Crippen LogP contribution in [0.25, 0.3) is 11.1 Å². The number of hydrogen-bond donors (Lipinski definition) is 2. The summed E-state index contributed by atoms with van der Waals surface area (Å²) < 4.78 is 9.13. The third kappa shape index (κ3) is 7.02. The molecule has 144 valence electrons. The van der Waals surface area contributed by atoms with Crippen LogP contribution in [0.5, 0.6) is 0 Å². The minimum atomic E-state index is -1.37. The van der Waals surface area contributed by atoms with Crippen molar-refractivity contribution in [3.05, 3.63) is 59.1 Å². The molecular weight excluding hydrogens is 370 g/mol. The molecular formula is C20H22ClNO5. The molecule has 2 aromatic rings. The summed E-state index contributed by atoms with van der Waals surface area (Å²) in [6.45, 7) is 0.670. The van der Waals surface area contributed by atoms with Crippen molar-refractivity contribution >= 4 is 23.5 Å². The summed E-state index contributed by atoms with van der Waals surface area (Å²) in [6, 6.07) is 15.0. The van der Waals surface area contributed by atoms with Crippen molar-refractivity contribution < 1.29 is 24.2 Å². The van der Waals surface area contributed by atoms with E-state index in [4.69, 9.17) is 17.3 Å². The third-order valence-corrected chi connectivity index (χ3v) is 4.11. The molecule has 0 radical (unpaired) electrons. The van der Waals surface area contributed by atoms with Crippen molar-refractivity contribution in [2.45, 2.75) is 31.9 Å². The molecule has 0 saturated heterocycles. The van der Waals surface area contributed by atoms with Crippen LogP contribution in [0.3, 0.4) is 0 Å². The highest BCUT2D eigenvalue weighted by molar-refractivity contribution is 6.30. The van der Waals surface area contributed by atoms with Crippen molar-refractivity contribution in [2.75, 3.05) is 6.79 Å². The Balaban J connectivity index is 1.85. The summed E-state index contributed by atoms with van der Waals surface area (Å²) >= 11 is 6.01. The number of ether oxygens (including phenoxy) is 2. The van der Waals surface area contributed by atoms with E-state index in [1.165, 1.54) is 6.92 Å². The van der Waals surface area contributed by atoms with Crippen molar-refractivity contribution in [3.63, 3.8) is 0 Å². The molecule has 1 unspecified atom stereocenters. The molecule has 0 aliphatic carbocycles. The molecule has 7 heteroatoms. The zero-order valence-electron chi connectivity index (χ0n) is 14.9. The molecule has 0 fully saturated rings. The Morgan fingerprint density at radius 1 is 1.11 bits per heavy atom. The lowest BCUT2D eigenvalue weighted by molar-refractivity contribution is -0.172. The number of rotatable bonds is 8. The highest BCUT2D eigenvalue weighted by Crippen LogP contribution is 2.23. The van der Waals surface area contributed by atoms with Gasteiger partial charge in [0.05, 0.1) is 0 Å². The maximum Gasteiger partial charge on any atom is 0.337 e. The van der Waals surface area contributed by atoms with E-state index in [-0.39, 0.29) is 6.42 Å². The average Bonchev–Trinajstić information content (AvgIpc) is 2.61. The lowest BCUT2D eigenvalue weighted by atomic mass is 9.98. The molecule has 27 heavy (non-hydrogen) atoms. The van der Waals surface area contributed by atoms with Crippen LogP contribution in [0, 0.1) is 0 Å². The number of nitrogens with two attached hydrogens (primary N) is 1. The van der Waals surface area contributed by atoms with Gasteiger partial charge in [-0.15, -0.1) is 0 Å². The zero-order chi connectivity index (χ0) is 19.8. The third-order valence-electron chi connectivity index (χ3n) is 3.87. The van der Waals surface area contributed by atoms with Crippen molar-refractivity contribution in [1.82, 2.24) is 0 Å². The summed E-state index contributed by atoms with van der Waals surface area (Å²) in [5.74, 6) is -1.45. The van der Waals surface area contributed by atoms with Crippen LogP contribution in [-0.2, 0) is 25.5 Å². The Bertz CT molecular complexity index is 778. The number of carbonyl (C=O) groups excluding carboxylic acids is 2. The largest absolute Gasteiger partial charge is 0.428 e. The van der Waals surface area contributed by atoms with Gasteiger partial charge in [0, 0.05) is 18.0 Å². The van der Waals surface area contributed by atoms with Crippen LogP contribution in [0.1, 0.15) is 18.9 Å². The maximum atomic E-state index is 11.6. The number of aliphatic hydroxyl groups is 1. The molecule has 0 spiro atoms. The summed E-state index contributed by atoms with van der Waals surface area (Å²) in [5, 5.41) is 10.5. The first kappa shape index (κ1) is 20.9. The fourth-order valence-corrected chi connectivity index (χ4v) is 2.73. The van der Waals surface area contributed by atoms with E-state index in [1.807, 2.05) is 48.5 Å². The number of aliphatic hydroxyl groups excluding tert-OH is 1. The van der Waals surface area contributed by atoms with Gasteiger partial charge in [-0.3, -0.25) is 4.79 Å². The second-order valence-electron chi connectivity index (χ2n) is 6.14. The molecule has 0 amide bonds. The van der Waals surface area contributed by atoms with Crippen molar-refractivity contribution in [2.24, 2.45) is 5.73 Å². The Morgan fingerprint density at radius 2 is 1.81 bits per heavy atom. The van der Waals surface area contributed by atoms with Crippen LogP contribution in [-0.4, -0.2) is 36.0 Å². The van der Waals surface area contributed by atoms with Crippen LogP contribution in [0.15, 0.2) is 48.5 Å². The molecule has 0 heterocycles. The SMILES string of the molecule is CC(=O)OCOC(=O)[C@H](O)CC(N)Cc1ccc(-c2cccc(Cl)c2)cc1. The van der Waals surface area contributed by atoms with E-state index in [1.54, 1.807) is 0 Å². The van der Waals surface area contributed by atoms with Crippen molar-refractivity contribution in [1.29, 1.82) is 0 Å². The number of halogens is 1. The second kappa shape index (κ2) is 10.1. The molecule has 6 nitrogen and oxygen atoms in total. The maximum absolute atomic E-state index is 11.6. The van der Waals surface area contributed by atoms with Gasteiger partial charge in [-0.1, -0.05) is 48.0 Å². The lowest BCUT2D eigenvalue weighted by Gasteiger charge is -2.16. The van der Waals surface area contributed by atoms with E-state index in [9.17, 15) is 14.7 Å². The smallest absolute Gasteiger partial charge is 0.337 e. The van der Waals surface area contributed by atoms with Gasteiger partial charge >= 0.3 is 11.9 Å². The number of hydrogen-bond acceptors (Lipinski definition) is 6. The molecule has 0 bridgehead atoms. The molecule has 0 aliphatic rings. The quantitative estimate of drug-likeness (QED) is 0.530. The van der Waals surface area contributed by atoms with E-state index < -0.39 is 30.9 Å². The van der Waals surface area contributed by atoms with Crippen LogP contribution < -0.4 is 5.73 Å². The normalized spacial score (nSPS) is 12.9. The van der Waals surface area contributed by atoms with Gasteiger partial charge in [0.2, 0.25) is 6.79 Å². The van der Waals surface area contributed by atoms with Gasteiger partial charge in [-0.25, -0.2) is 4.79 Å². The fraction of sp³-hybridized carbons (Fsp3) is 0.300. The van der Waals surface area contributed by atoms with Crippen molar-refractivity contribution in [3.8, 4) is 11.1 Å². The first-order chi connectivity index (χ1) is 12.8. The first-order valence-electron chi connectivity index (χ1n) is 8.43. The number of esters is 2. The highest BCUT2D eigenvalue weighted by atomic mass is 35.5. The summed E-state index contributed by atoms with van der Waals surface area (Å²) in [4.78, 5) is 22.2. The topological polar surface area (TPSA) is 98.8 Å². The molecule has 2 atom stereocenters. The van der Waals surface area contributed by atoms with Gasteiger partial charge in [-0.05, 0) is 41.7 Å². The first-order valence-corrected chi connectivity index (χ1v) is 8.81. The average molecular weight is 392 g/mol. The lowest BCUT2D eigenvalue weighted by Crippen LogP contribution is -2.34. The summed E-state index contributed by atoms with van der Waals surface area (Å²) in [7, 11) is 0. The Morgan fingerprint density at radius 3 is 2.44 bits per heavy atom. The monoisotopic (exact) mass is 391 g/mol. The Kier molecular flexibility index (Phi) is 7.79. The zero-order valence-corrected chi connectivity index (χ0v) is 15.7. The predicted molar refractivity (Wildman–Crippen MR) is 102 cm³/mol. The molecule has 3 N–H and O–H groups in total. The van der Waals surface area contributed by atoms with E-state index in [0.717, 1.165) is 16.7 Å². The molecule has 0 saturated carbocycles. The summed E-state index contributed by atoms with van der Waals surface area (Å²) in [5.41, 5.74) is 9.05. The van der Waals surface area contributed by atoms with E-state index >= 15 is 0 Å². The minimum absolute atomic E-state index is 0.0367. The standard InChI is InChI=1S/C20H22ClNO5/c1-13(23)26-12-27-20(25)19(24)11-18(22)9-14-5-7-15(8-6-14)16-3-2-4-17(21)10-16/h2-8,10,18-19,24H,9,11-12,22H2,1H3/t18?,19-/m1/s1.